The van der Waals surface area contributed by atoms with E-state index in [1.807, 2.05) is 0 Å². The zero-order valence-electron chi connectivity index (χ0n) is 7.11. The Balaban J connectivity index is 0. The van der Waals surface area contributed by atoms with Crippen LogP contribution in [0.15, 0.2) is 17.6 Å². The van der Waals surface area contributed by atoms with Crippen molar-refractivity contribution in [2.75, 3.05) is 7.11 Å². The van der Waals surface area contributed by atoms with E-state index in [0.29, 0.717) is 0 Å². The van der Waals surface area contributed by atoms with Gasteiger partial charge in [0.25, 0.3) is 0 Å². The van der Waals surface area contributed by atoms with Gasteiger partial charge in [0.05, 0.1) is 7.11 Å². The normalized spacial score (nSPS) is 8.17. The molecule has 0 aliphatic rings. The first-order valence-electron chi connectivity index (χ1n) is 3.07. The highest BCUT2D eigenvalue weighted by atomic mass is 16.5. The molecule has 5 nitrogen and oxygen atoms in total. The number of urea groups is 1. The van der Waals surface area contributed by atoms with Gasteiger partial charge in [-0.25, -0.2) is 14.6 Å². The van der Waals surface area contributed by atoms with E-state index in [0.717, 1.165) is 6.08 Å². The summed E-state index contributed by atoms with van der Waals surface area (Å²) in [5.41, 5.74) is 4.57. The fourth-order valence-electron chi connectivity index (χ4n) is 0.211. The summed E-state index contributed by atoms with van der Waals surface area (Å²) in [5, 5.41) is 0. The first-order valence-corrected chi connectivity index (χ1v) is 3.07. The van der Waals surface area contributed by atoms with E-state index in [4.69, 9.17) is 0 Å². The van der Waals surface area contributed by atoms with Crippen LogP contribution >= 0.6 is 0 Å². The molecule has 0 aliphatic carbocycles. The van der Waals surface area contributed by atoms with Crippen LogP contribution in [0.4, 0.5) is 4.79 Å². The molecule has 0 aromatic heterocycles. The molecule has 2 amide bonds. The first kappa shape index (κ1) is 13.0. The van der Waals surface area contributed by atoms with Gasteiger partial charge in [0.15, 0.2) is 0 Å². The van der Waals surface area contributed by atoms with Crippen LogP contribution in [0.2, 0.25) is 0 Å². The third-order valence-corrected chi connectivity index (χ3v) is 0.624. The van der Waals surface area contributed by atoms with Gasteiger partial charge in [0.1, 0.15) is 0 Å². The molecule has 0 aliphatic heterocycles. The summed E-state index contributed by atoms with van der Waals surface area (Å²) in [5.74, 6) is -0.394. The average Bonchev–Trinajstić information content (AvgIpc) is 2.04. The van der Waals surface area contributed by atoms with Crippen LogP contribution < -0.4 is 5.73 Å². The van der Waals surface area contributed by atoms with E-state index in [9.17, 15) is 9.59 Å². The quantitative estimate of drug-likeness (QED) is 0.355. The first-order chi connectivity index (χ1) is 5.58. The van der Waals surface area contributed by atoms with Crippen molar-refractivity contribution in [3.63, 3.8) is 0 Å². The SMILES string of the molecule is C=CC(=O)OC.CC=NC(N)=O. The fourth-order valence-corrected chi connectivity index (χ4v) is 0.211. The van der Waals surface area contributed by atoms with Gasteiger partial charge < -0.3 is 10.5 Å². The van der Waals surface area contributed by atoms with Crippen molar-refractivity contribution in [1.29, 1.82) is 0 Å². The summed E-state index contributed by atoms with van der Waals surface area (Å²) >= 11 is 0. The Morgan fingerprint density at radius 2 is 2.08 bits per heavy atom. The third-order valence-electron chi connectivity index (χ3n) is 0.624. The summed E-state index contributed by atoms with van der Waals surface area (Å²) in [6.07, 6.45) is 2.46. The molecule has 68 valence electrons. The van der Waals surface area contributed by atoms with Crippen LogP contribution in [0.3, 0.4) is 0 Å². The number of carbonyl (C=O) groups is 2. The number of carbonyl (C=O) groups excluding carboxylic acids is 2. The number of hydrogen-bond donors (Lipinski definition) is 1. The molecule has 2 N–H and O–H groups in total. The number of nitrogens with two attached hydrogens (primary N) is 1. The lowest BCUT2D eigenvalue weighted by atomic mass is 10.7. The van der Waals surface area contributed by atoms with Crippen molar-refractivity contribution in [3.8, 4) is 0 Å². The maximum atomic E-state index is 9.84. The Morgan fingerprint density at radius 1 is 1.58 bits per heavy atom. The van der Waals surface area contributed by atoms with E-state index < -0.39 is 12.0 Å². The van der Waals surface area contributed by atoms with Gasteiger partial charge in [0, 0.05) is 12.3 Å². The lowest BCUT2D eigenvalue weighted by Gasteiger charge is -1.83. The molecule has 0 heterocycles. The molecule has 0 saturated carbocycles. The van der Waals surface area contributed by atoms with Crippen molar-refractivity contribution in [2.45, 2.75) is 6.92 Å². The molecule has 0 spiro atoms. The number of aliphatic imine (C=N–C) groups is 1. The van der Waals surface area contributed by atoms with Gasteiger partial charge in [0.2, 0.25) is 0 Å². The van der Waals surface area contributed by atoms with E-state index >= 15 is 0 Å². The standard InChI is InChI=1S/C4H6O2.C3H6N2O/c1-3-4(5)6-2;1-2-5-3(4)6/h3H,1H2,2H3;2H,1H3,(H2,4,6). The highest BCUT2D eigenvalue weighted by Gasteiger charge is 1.81. The predicted octanol–water partition coefficient (Wildman–Crippen LogP) is 0.501. The number of ether oxygens (including phenoxy) is 1. The highest BCUT2D eigenvalue weighted by molar-refractivity contribution is 5.81. The molecule has 5 heteroatoms. The maximum Gasteiger partial charge on any atom is 0.337 e. The number of rotatable bonds is 1. The van der Waals surface area contributed by atoms with Gasteiger partial charge in [-0.15, -0.1) is 0 Å². The number of esters is 1. The summed E-state index contributed by atoms with van der Waals surface area (Å²) in [4.78, 5) is 22.6. The average molecular weight is 172 g/mol. The zero-order chi connectivity index (χ0) is 9.98. The third kappa shape index (κ3) is 15.8. The second kappa shape index (κ2) is 9.35. The number of primary amides is 1. The molecule has 0 aromatic rings. The molecule has 12 heavy (non-hydrogen) atoms. The molecular weight excluding hydrogens is 160 g/mol. The second-order valence-electron chi connectivity index (χ2n) is 1.45. The Kier molecular flexibility index (Phi) is 10.1. The van der Waals surface area contributed by atoms with E-state index in [2.05, 4.69) is 22.0 Å². The van der Waals surface area contributed by atoms with Crippen molar-refractivity contribution in [3.05, 3.63) is 12.7 Å². The number of nitrogens with zero attached hydrogens (tertiary/aromatic N) is 1. The van der Waals surface area contributed by atoms with Gasteiger partial charge in [-0.2, -0.15) is 0 Å². The molecule has 0 fully saturated rings. The molecule has 0 aromatic carbocycles. The number of hydrogen-bond acceptors (Lipinski definition) is 3. The second-order valence-corrected chi connectivity index (χ2v) is 1.45. The minimum atomic E-state index is -0.641. The van der Waals surface area contributed by atoms with E-state index in [1.54, 1.807) is 6.92 Å². The minimum Gasteiger partial charge on any atom is -0.466 e. The molecule has 0 rings (SSSR count). The molecule has 0 radical (unpaired) electrons. The molecule has 0 unspecified atom stereocenters. The molecule has 0 saturated heterocycles. The number of methoxy groups -OCH3 is 1. The van der Waals surface area contributed by atoms with Gasteiger partial charge in [-0.05, 0) is 6.92 Å². The minimum absolute atomic E-state index is 0.394. The van der Waals surface area contributed by atoms with Gasteiger partial charge >= 0.3 is 12.0 Å². The van der Waals surface area contributed by atoms with Crippen LogP contribution in [0, 0.1) is 0 Å². The Hall–Kier alpha value is -1.65. The zero-order valence-corrected chi connectivity index (χ0v) is 7.11. The van der Waals surface area contributed by atoms with Gasteiger partial charge in [-0.3, -0.25) is 0 Å². The Morgan fingerprint density at radius 3 is 2.08 bits per heavy atom. The summed E-state index contributed by atoms with van der Waals surface area (Å²) in [6.45, 7) is 4.79. The highest BCUT2D eigenvalue weighted by Crippen LogP contribution is 1.67. The maximum absolute atomic E-state index is 9.84. The van der Waals surface area contributed by atoms with E-state index in [1.165, 1.54) is 13.3 Å². The lowest BCUT2D eigenvalue weighted by Crippen LogP contribution is -2.02. The fraction of sp³-hybridized carbons (Fsp3) is 0.286. The monoisotopic (exact) mass is 172 g/mol. The van der Waals surface area contributed by atoms with E-state index in [-0.39, 0.29) is 0 Å². The lowest BCUT2D eigenvalue weighted by molar-refractivity contribution is -0.134. The predicted molar refractivity (Wildman–Crippen MR) is 46.0 cm³/mol. The van der Waals surface area contributed by atoms with Crippen molar-refractivity contribution < 1.29 is 14.3 Å². The van der Waals surface area contributed by atoms with Crippen LogP contribution in [-0.4, -0.2) is 25.3 Å². The molecular formula is C7H12N2O3. The smallest absolute Gasteiger partial charge is 0.337 e. The van der Waals surface area contributed by atoms with Crippen molar-refractivity contribution in [1.82, 2.24) is 0 Å². The summed E-state index contributed by atoms with van der Waals surface area (Å²) in [6, 6.07) is -0.641. The van der Waals surface area contributed by atoms with Crippen LogP contribution in [0.1, 0.15) is 6.92 Å². The summed E-state index contributed by atoms with van der Waals surface area (Å²) < 4.78 is 4.14. The topological polar surface area (TPSA) is 81.8 Å². The van der Waals surface area contributed by atoms with Crippen LogP contribution in [-0.2, 0) is 9.53 Å². The number of amides is 2. The van der Waals surface area contributed by atoms with Gasteiger partial charge in [-0.1, -0.05) is 6.58 Å². The summed E-state index contributed by atoms with van der Waals surface area (Å²) in [7, 11) is 1.31. The largest absolute Gasteiger partial charge is 0.466 e. The van der Waals surface area contributed by atoms with Crippen molar-refractivity contribution in [2.24, 2.45) is 10.7 Å². The van der Waals surface area contributed by atoms with Crippen molar-refractivity contribution >= 4 is 18.2 Å². The molecule has 0 bridgehead atoms. The van der Waals surface area contributed by atoms with Crippen LogP contribution in [0.5, 0.6) is 0 Å². The Bertz CT molecular complexity index is 187. The Labute approximate surface area is 70.9 Å². The molecule has 0 atom stereocenters. The van der Waals surface area contributed by atoms with Crippen LogP contribution in [0.25, 0.3) is 0 Å².